The lowest BCUT2D eigenvalue weighted by Crippen LogP contribution is -2.31. The van der Waals surface area contributed by atoms with E-state index in [1.165, 1.54) is 0 Å². The van der Waals surface area contributed by atoms with Crippen molar-refractivity contribution in [3.63, 3.8) is 0 Å². The molecule has 0 aromatic carbocycles. The molecule has 0 spiro atoms. The zero-order valence-corrected chi connectivity index (χ0v) is 27.9. The highest BCUT2D eigenvalue weighted by Gasteiger charge is 2.15. The van der Waals surface area contributed by atoms with Gasteiger partial charge in [-0.1, -0.05) is 0 Å². The second-order valence-electron chi connectivity index (χ2n) is 9.24. The van der Waals surface area contributed by atoms with Crippen LogP contribution in [0.25, 0.3) is 0 Å². The van der Waals surface area contributed by atoms with Crippen molar-refractivity contribution in [3.8, 4) is 0 Å². The monoisotopic (exact) mass is 795 g/mol. The van der Waals surface area contributed by atoms with Crippen molar-refractivity contribution < 1.29 is 133 Å². The van der Waals surface area contributed by atoms with Crippen molar-refractivity contribution in [3.05, 3.63) is 10.1 Å². The quantitative estimate of drug-likeness (QED) is 0.0452. The molecule has 12 atom stereocenters. The molecule has 0 aromatic heterocycles. The van der Waals surface area contributed by atoms with E-state index in [9.17, 15) is 0 Å². The topological polar surface area (TPSA) is 549 Å². The molecule has 0 bridgehead atoms. The van der Waals surface area contributed by atoms with E-state index in [2.05, 4.69) is 0 Å². The Hall–Kier alpha value is -1.76. The van der Waals surface area contributed by atoms with Gasteiger partial charge in [0.25, 0.3) is 5.09 Å². The zero-order chi connectivity index (χ0) is 43.0. The molecule has 0 saturated carbocycles. The molecule has 324 valence electrons. The fourth-order valence-corrected chi connectivity index (χ4v) is 1.46. The van der Waals surface area contributed by atoms with Crippen LogP contribution in [-0.2, 0) is 0 Å². The van der Waals surface area contributed by atoms with Gasteiger partial charge in [0.05, 0.1) is 79.3 Å². The summed E-state index contributed by atoms with van der Waals surface area (Å²) in [6.45, 7) is -6.31. The summed E-state index contributed by atoms with van der Waals surface area (Å²) in [5.41, 5.74) is 0. The first kappa shape index (κ1) is 65.1. The minimum atomic E-state index is -1.50. The Bertz CT molecular complexity index is 499. The summed E-state index contributed by atoms with van der Waals surface area (Å²) in [6, 6.07) is 0. The van der Waals surface area contributed by atoms with Gasteiger partial charge < -0.3 is 128 Å². The van der Waals surface area contributed by atoms with E-state index in [1.54, 1.807) is 0 Å². The molecular weight excluding hydrogens is 734 g/mol. The van der Waals surface area contributed by atoms with Crippen molar-refractivity contribution in [1.29, 1.82) is 0 Å². The molecule has 0 heterocycles. The third-order valence-corrected chi connectivity index (χ3v) is 4.91. The average molecular weight is 796 g/mol. The molecule has 0 aliphatic heterocycles. The van der Waals surface area contributed by atoms with Crippen molar-refractivity contribution in [2.45, 2.75) is 73.2 Å². The van der Waals surface area contributed by atoms with E-state index in [4.69, 9.17) is 138 Å². The molecule has 28 heteroatoms. The summed E-state index contributed by atoms with van der Waals surface area (Å²) in [5, 5.41) is 213. The van der Waals surface area contributed by atoms with Crippen LogP contribution in [0.1, 0.15) is 0 Å². The van der Waals surface area contributed by atoms with Crippen LogP contribution in [0.15, 0.2) is 0 Å². The lowest BCUT2D eigenvalue weighted by atomic mass is 10.2. The Morgan fingerprint density at radius 1 is 0.269 bits per heavy atom. The summed E-state index contributed by atoms with van der Waals surface area (Å²) in [5.74, 6) is 0. The van der Waals surface area contributed by atoms with Gasteiger partial charge in [-0.05, 0) is 0 Å². The predicted octanol–water partition coefficient (Wildman–Crippen LogP) is -14.2. The van der Waals surface area contributed by atoms with Crippen molar-refractivity contribution >= 4 is 0 Å². The van der Waals surface area contributed by atoms with E-state index in [1.807, 2.05) is 0 Å². The van der Waals surface area contributed by atoms with Crippen LogP contribution in [0.2, 0.25) is 0 Å². The highest BCUT2D eigenvalue weighted by molar-refractivity contribution is 4.65. The molecule has 52 heavy (non-hydrogen) atoms. The summed E-state index contributed by atoms with van der Waals surface area (Å²) in [6.07, 6.45) is -14.7. The van der Waals surface area contributed by atoms with E-state index < -0.39 is 158 Å². The molecule has 0 aliphatic rings. The number of rotatable bonds is 18. The molecule has 0 fully saturated rings. The minimum Gasteiger partial charge on any atom is -0.394 e. The van der Waals surface area contributed by atoms with Crippen LogP contribution >= 0.6 is 0 Å². The summed E-state index contributed by atoms with van der Waals surface area (Å²) in [4.78, 5) is 8.36. The average Bonchev–Trinajstić information content (AvgIpc) is 3.17. The second-order valence-corrected chi connectivity index (χ2v) is 9.24. The lowest BCUT2D eigenvalue weighted by molar-refractivity contribution is -0.742. The highest BCUT2D eigenvalue weighted by Crippen LogP contribution is 1.91. The van der Waals surface area contributed by atoms with E-state index >= 15 is 0 Å². The van der Waals surface area contributed by atoms with Gasteiger partial charge in [-0.15, -0.1) is 10.1 Å². The number of aliphatic hydroxyl groups is 24. The maximum atomic E-state index is 8.47. The van der Waals surface area contributed by atoms with Gasteiger partial charge in [-0.3, -0.25) is 0 Å². The van der Waals surface area contributed by atoms with Gasteiger partial charge in [-0.2, -0.15) is 0 Å². The van der Waals surface area contributed by atoms with Gasteiger partial charge in [0.2, 0.25) is 0 Å². The van der Waals surface area contributed by atoms with Crippen LogP contribution in [0.3, 0.4) is 0 Å². The molecule has 28 nitrogen and oxygen atoms in total. The standard InChI is InChI=1S/6C4H10O4.HNO3/c6*5-1-3(7)4(8)2-6;2-1(3)4/h6*3-8H,1-2H2;(H,2,3,4)/t6*3-,4+;. The van der Waals surface area contributed by atoms with E-state index in [0.29, 0.717) is 0 Å². The molecule has 0 amide bonds. The lowest BCUT2D eigenvalue weighted by Gasteiger charge is -2.10. The van der Waals surface area contributed by atoms with Gasteiger partial charge in [0.15, 0.2) is 0 Å². The predicted molar refractivity (Wildman–Crippen MR) is 166 cm³/mol. The molecule has 0 aliphatic carbocycles. The third kappa shape index (κ3) is 50.3. The van der Waals surface area contributed by atoms with Gasteiger partial charge in [0.1, 0.15) is 73.2 Å². The van der Waals surface area contributed by atoms with Crippen LogP contribution in [0.5, 0.6) is 0 Å². The second kappa shape index (κ2) is 47.3. The van der Waals surface area contributed by atoms with Gasteiger partial charge >= 0.3 is 0 Å². The Morgan fingerprint density at radius 3 is 0.327 bits per heavy atom. The van der Waals surface area contributed by atoms with E-state index in [0.717, 1.165) is 0 Å². The number of hydrogen-bond donors (Lipinski definition) is 25. The summed E-state index contributed by atoms with van der Waals surface area (Å²) < 4.78 is 0. The summed E-state index contributed by atoms with van der Waals surface area (Å²) >= 11 is 0. The van der Waals surface area contributed by atoms with Gasteiger partial charge in [0, 0.05) is 0 Å². The first-order chi connectivity index (χ1) is 24.0. The maximum Gasteiger partial charge on any atom is 0.291 e. The van der Waals surface area contributed by atoms with Crippen LogP contribution in [-0.4, -0.2) is 285 Å². The fourth-order valence-electron chi connectivity index (χ4n) is 1.46. The van der Waals surface area contributed by atoms with Crippen LogP contribution in [0.4, 0.5) is 0 Å². The first-order valence-corrected chi connectivity index (χ1v) is 14.4. The molecule has 0 rings (SSSR count). The van der Waals surface area contributed by atoms with Crippen LogP contribution in [0, 0.1) is 10.1 Å². The number of aliphatic hydroxyl groups excluding tert-OH is 24. The summed E-state index contributed by atoms with van der Waals surface area (Å²) in [7, 11) is 0. The number of nitrogens with zero attached hydrogens (tertiary/aromatic N) is 1. The van der Waals surface area contributed by atoms with Crippen LogP contribution < -0.4 is 0 Å². The van der Waals surface area contributed by atoms with Gasteiger partial charge in [-0.25, -0.2) is 0 Å². The smallest absolute Gasteiger partial charge is 0.291 e. The minimum absolute atomic E-state index is 0.526. The maximum absolute atomic E-state index is 8.47. The Morgan fingerprint density at radius 2 is 0.308 bits per heavy atom. The highest BCUT2D eigenvalue weighted by atomic mass is 16.9. The number of hydrogen-bond acceptors (Lipinski definition) is 26. The molecule has 0 saturated heterocycles. The first-order valence-electron chi connectivity index (χ1n) is 14.4. The zero-order valence-electron chi connectivity index (χ0n) is 27.9. The largest absolute Gasteiger partial charge is 0.394 e. The molecule has 0 aromatic rings. The Kier molecular flexibility index (Phi) is 59.2. The Labute approximate surface area is 296 Å². The Balaban J connectivity index is -0.0000000915. The van der Waals surface area contributed by atoms with Crippen molar-refractivity contribution in [2.24, 2.45) is 0 Å². The SMILES string of the molecule is O=[N+]([O-])O.OC[C@@H](O)[C@@H](O)CO.OC[C@@H](O)[C@@H](O)CO.OC[C@@H](O)[C@@H](O)CO.OC[C@@H](O)[C@@H](O)CO.OC[C@@H](O)[C@@H](O)CO.OC[C@@H](O)[C@@H](O)CO. The molecule has 0 unspecified atom stereocenters. The molecular formula is C24H61NO27. The third-order valence-electron chi connectivity index (χ3n) is 4.91. The molecule has 25 N–H and O–H groups in total. The van der Waals surface area contributed by atoms with Crippen molar-refractivity contribution in [2.75, 3.05) is 79.3 Å². The van der Waals surface area contributed by atoms with E-state index in [-0.39, 0.29) is 0 Å². The molecule has 0 radical (unpaired) electrons. The van der Waals surface area contributed by atoms with Crippen molar-refractivity contribution in [1.82, 2.24) is 0 Å². The normalized spacial score (nSPS) is 17.1. The fraction of sp³-hybridized carbons (Fsp3) is 1.00.